The zero-order valence-corrected chi connectivity index (χ0v) is 20.7. The Morgan fingerprint density at radius 3 is 1.84 bits per heavy atom. The maximum atomic E-state index is 13.7. The van der Waals surface area contributed by atoms with Gasteiger partial charge in [0.2, 0.25) is 0 Å². The number of imide groups is 1. The highest BCUT2D eigenvalue weighted by Crippen LogP contribution is 2.13. The number of ether oxygens (including phenoxy) is 1. The van der Waals surface area contributed by atoms with E-state index in [9.17, 15) is 14.4 Å². The van der Waals surface area contributed by atoms with Crippen molar-refractivity contribution < 1.29 is 36.5 Å². The molecule has 0 fully saturated rings. The minimum absolute atomic E-state index is 0. The van der Waals surface area contributed by atoms with Crippen molar-refractivity contribution in [3.8, 4) is 0 Å². The molecular formula is C25H33ClN2O4. The standard InChI is InChI=1S/C25H32N2O4.ClH/c1-8-19-9-11-20(12-10-19)23(29)26(27(25(4,5)6)22(28)16-31-7)24(30)21-14-17(2)13-18(3)15-21;/h9-15H,8,16H2,1-7H3;1H. The summed E-state index contributed by atoms with van der Waals surface area (Å²) in [5, 5.41) is 1.12. The van der Waals surface area contributed by atoms with Gasteiger partial charge in [-0.3, -0.25) is 4.79 Å². The summed E-state index contributed by atoms with van der Waals surface area (Å²) in [5.74, 6) is -1.40. The average Bonchev–Trinajstić information content (AvgIpc) is 2.69. The number of nitrogens with one attached hydrogen (secondary N) is 1. The normalized spacial score (nSPS) is 12.0. The van der Waals surface area contributed by atoms with Crippen LogP contribution in [0.5, 0.6) is 0 Å². The number of quaternary nitrogens is 1. The molecular weight excluding hydrogens is 428 g/mol. The van der Waals surface area contributed by atoms with Gasteiger partial charge in [-0.05, 0) is 82.0 Å². The molecule has 2 aromatic carbocycles. The average molecular weight is 461 g/mol. The van der Waals surface area contributed by atoms with Crippen LogP contribution in [0.1, 0.15) is 65.1 Å². The second kappa shape index (κ2) is 11.4. The van der Waals surface area contributed by atoms with Crippen LogP contribution in [-0.4, -0.2) is 42.0 Å². The van der Waals surface area contributed by atoms with Gasteiger partial charge in [0, 0.05) is 7.11 Å². The predicted octanol–water partition coefficient (Wildman–Crippen LogP) is -0.0762. The zero-order chi connectivity index (χ0) is 23.3. The van der Waals surface area contributed by atoms with E-state index in [1.165, 1.54) is 12.1 Å². The van der Waals surface area contributed by atoms with Crippen molar-refractivity contribution in [1.82, 2.24) is 5.01 Å². The highest BCUT2D eigenvalue weighted by Gasteiger charge is 2.45. The molecule has 0 bridgehead atoms. The van der Waals surface area contributed by atoms with Gasteiger partial charge in [-0.2, -0.15) is 5.01 Å². The van der Waals surface area contributed by atoms with Crippen molar-refractivity contribution in [1.29, 1.82) is 0 Å². The van der Waals surface area contributed by atoms with E-state index in [0.29, 0.717) is 11.1 Å². The number of carbonyl (C=O) groups excluding carboxylic acids is 3. The molecule has 0 radical (unpaired) electrons. The number of benzene rings is 2. The van der Waals surface area contributed by atoms with Crippen LogP contribution in [-0.2, 0) is 16.0 Å². The van der Waals surface area contributed by atoms with Crippen LogP contribution in [0, 0.1) is 13.8 Å². The van der Waals surface area contributed by atoms with Crippen LogP contribution in [0.2, 0.25) is 0 Å². The third-order valence-corrected chi connectivity index (χ3v) is 4.95. The lowest BCUT2D eigenvalue weighted by Gasteiger charge is -2.37. The van der Waals surface area contributed by atoms with E-state index in [0.717, 1.165) is 23.1 Å². The first-order valence-corrected chi connectivity index (χ1v) is 10.4. The number of hydrogen-bond donors (Lipinski definition) is 1. The third-order valence-electron chi connectivity index (χ3n) is 4.95. The summed E-state index contributed by atoms with van der Waals surface area (Å²) < 4.78 is 5.04. The van der Waals surface area contributed by atoms with Crippen LogP contribution < -0.4 is 17.4 Å². The Morgan fingerprint density at radius 2 is 1.41 bits per heavy atom. The first kappa shape index (κ1) is 27.5. The van der Waals surface area contributed by atoms with Crippen LogP contribution in [0.25, 0.3) is 0 Å². The lowest BCUT2D eigenvalue weighted by atomic mass is 10.0. The summed E-state index contributed by atoms with van der Waals surface area (Å²) >= 11 is 0. The maximum absolute atomic E-state index is 13.7. The zero-order valence-electron chi connectivity index (χ0n) is 19.9. The Labute approximate surface area is 196 Å². The number of methoxy groups -OCH3 is 1. The lowest BCUT2D eigenvalue weighted by Crippen LogP contribution is -3.24. The Hall–Kier alpha value is -2.54. The minimum Gasteiger partial charge on any atom is -1.00 e. The highest BCUT2D eigenvalue weighted by atomic mass is 35.5. The molecule has 0 aliphatic rings. The molecule has 1 atom stereocenters. The molecule has 1 unspecified atom stereocenters. The second-order valence-corrected chi connectivity index (χ2v) is 8.77. The molecule has 0 heterocycles. The molecule has 2 aromatic rings. The fraction of sp³-hybridized carbons (Fsp3) is 0.400. The van der Waals surface area contributed by atoms with Gasteiger partial charge in [0.1, 0.15) is 6.61 Å². The van der Waals surface area contributed by atoms with Crippen LogP contribution in [0.4, 0.5) is 0 Å². The Balaban J connectivity index is 0.00000512. The molecule has 174 valence electrons. The summed E-state index contributed by atoms with van der Waals surface area (Å²) in [6.45, 7) is 11.0. The molecule has 0 spiro atoms. The Bertz CT molecular complexity index is 945. The molecule has 0 aliphatic carbocycles. The molecule has 6 nitrogen and oxygen atoms in total. The van der Waals surface area contributed by atoms with E-state index in [1.807, 2.05) is 39.0 Å². The van der Waals surface area contributed by atoms with Crippen molar-refractivity contribution in [2.24, 2.45) is 0 Å². The number of halogens is 1. The monoisotopic (exact) mass is 460 g/mol. The second-order valence-electron chi connectivity index (χ2n) is 8.77. The fourth-order valence-electron chi connectivity index (χ4n) is 3.60. The van der Waals surface area contributed by atoms with Gasteiger partial charge in [-0.25, -0.2) is 9.59 Å². The number of aryl methyl sites for hydroxylation is 3. The van der Waals surface area contributed by atoms with Crippen LogP contribution >= 0.6 is 0 Å². The summed E-state index contributed by atoms with van der Waals surface area (Å²) in [6.07, 6.45) is 0.840. The quantitative estimate of drug-likeness (QED) is 0.501. The molecule has 3 amide bonds. The van der Waals surface area contributed by atoms with Crippen molar-refractivity contribution in [2.45, 2.75) is 53.5 Å². The number of hydrogen-bond acceptors (Lipinski definition) is 4. The van der Waals surface area contributed by atoms with Crippen LogP contribution in [0.15, 0.2) is 42.5 Å². The fourth-order valence-corrected chi connectivity index (χ4v) is 3.60. The van der Waals surface area contributed by atoms with E-state index in [1.54, 1.807) is 45.0 Å². The van der Waals surface area contributed by atoms with Crippen molar-refractivity contribution >= 4 is 17.7 Å². The number of amides is 3. The first-order valence-electron chi connectivity index (χ1n) is 10.4. The van der Waals surface area contributed by atoms with Gasteiger partial charge < -0.3 is 17.1 Å². The maximum Gasteiger partial charge on any atom is 0.376 e. The molecule has 2 rings (SSSR count). The van der Waals surface area contributed by atoms with Gasteiger partial charge in [-0.1, -0.05) is 30.1 Å². The lowest BCUT2D eigenvalue weighted by molar-refractivity contribution is -0.858. The van der Waals surface area contributed by atoms with E-state index < -0.39 is 23.3 Å². The van der Waals surface area contributed by atoms with E-state index in [4.69, 9.17) is 4.74 Å². The summed E-state index contributed by atoms with van der Waals surface area (Å²) in [4.78, 5) is 40.3. The first-order chi connectivity index (χ1) is 14.5. The SMILES string of the molecule is CCc1ccc(C(=O)[NH+](C(=O)c2cc(C)cc(C)c2)N(C(=O)COC)C(C)(C)C)cc1.[Cl-]. The minimum atomic E-state index is -0.807. The van der Waals surface area contributed by atoms with Gasteiger partial charge in [0.25, 0.3) is 5.91 Å². The summed E-state index contributed by atoms with van der Waals surface area (Å²) in [5.41, 5.74) is 2.84. The van der Waals surface area contributed by atoms with Crippen molar-refractivity contribution in [3.05, 3.63) is 70.3 Å². The number of carbonyl (C=O) groups is 3. The van der Waals surface area contributed by atoms with Crippen LogP contribution in [0.3, 0.4) is 0 Å². The number of nitrogens with zero attached hydrogens (tertiary/aromatic N) is 1. The topological polar surface area (TPSA) is 68.1 Å². The summed E-state index contributed by atoms with van der Waals surface area (Å²) in [7, 11) is 1.41. The van der Waals surface area contributed by atoms with E-state index >= 15 is 0 Å². The molecule has 0 saturated heterocycles. The molecule has 32 heavy (non-hydrogen) atoms. The van der Waals surface area contributed by atoms with E-state index in [2.05, 4.69) is 0 Å². The predicted molar refractivity (Wildman–Crippen MR) is 120 cm³/mol. The van der Waals surface area contributed by atoms with Gasteiger partial charge >= 0.3 is 11.8 Å². The van der Waals surface area contributed by atoms with Gasteiger partial charge in [0.05, 0.1) is 16.7 Å². The summed E-state index contributed by atoms with van der Waals surface area (Å²) in [6, 6.07) is 12.6. The van der Waals surface area contributed by atoms with Gasteiger partial charge in [-0.15, -0.1) is 0 Å². The van der Waals surface area contributed by atoms with Crippen molar-refractivity contribution in [2.75, 3.05) is 13.7 Å². The molecule has 0 aromatic heterocycles. The Kier molecular flexibility index (Phi) is 9.76. The van der Waals surface area contributed by atoms with Crippen molar-refractivity contribution in [3.63, 3.8) is 0 Å². The van der Waals surface area contributed by atoms with E-state index in [-0.39, 0.29) is 24.0 Å². The third kappa shape index (κ3) is 6.48. The highest BCUT2D eigenvalue weighted by molar-refractivity contribution is 6.00. The Morgan fingerprint density at radius 1 is 0.906 bits per heavy atom. The molecule has 7 heteroatoms. The molecule has 0 saturated carbocycles. The smallest absolute Gasteiger partial charge is 0.376 e. The number of rotatable bonds is 5. The molecule has 1 N–H and O–H groups in total. The van der Waals surface area contributed by atoms with Gasteiger partial charge in [0.15, 0.2) is 0 Å². The molecule has 0 aliphatic heterocycles. The largest absolute Gasteiger partial charge is 1.00 e.